The van der Waals surface area contributed by atoms with Gasteiger partial charge in [-0.15, -0.1) is 0 Å². The zero-order valence-corrected chi connectivity index (χ0v) is 14.3. The normalized spacial score (nSPS) is 17.2. The quantitative estimate of drug-likeness (QED) is 0.825. The predicted molar refractivity (Wildman–Crippen MR) is 90.4 cm³/mol. The molecule has 1 heterocycles. The summed E-state index contributed by atoms with van der Waals surface area (Å²) in [7, 11) is 0. The first-order valence-electron chi connectivity index (χ1n) is 8.10. The van der Waals surface area contributed by atoms with Gasteiger partial charge in [-0.1, -0.05) is 44.2 Å². The molecular weight excluding hydrogens is 323 g/mol. The Morgan fingerprint density at radius 3 is 2.52 bits per heavy atom. The van der Waals surface area contributed by atoms with E-state index in [2.05, 4.69) is 0 Å². The first-order chi connectivity index (χ1) is 12.0. The Hall–Kier alpha value is -2.24. The summed E-state index contributed by atoms with van der Waals surface area (Å²) >= 11 is 0. The van der Waals surface area contributed by atoms with Gasteiger partial charge in [0, 0.05) is 11.0 Å². The van der Waals surface area contributed by atoms with Crippen LogP contribution in [-0.4, -0.2) is 19.5 Å². The van der Waals surface area contributed by atoms with E-state index in [-0.39, 0.29) is 23.3 Å². The first kappa shape index (κ1) is 17.6. The molecule has 0 atom stereocenters. The average Bonchev–Trinajstić information content (AvgIpc) is 2.61. The molecule has 0 bridgehead atoms. The van der Waals surface area contributed by atoms with E-state index >= 15 is 0 Å². The van der Waals surface area contributed by atoms with Gasteiger partial charge in [-0.3, -0.25) is 4.79 Å². The van der Waals surface area contributed by atoms with Gasteiger partial charge in [-0.25, -0.2) is 4.39 Å². The van der Waals surface area contributed by atoms with Crippen LogP contribution in [0.3, 0.4) is 0 Å². The molecule has 1 fully saturated rings. The van der Waals surface area contributed by atoms with Crippen LogP contribution in [0.5, 0.6) is 5.75 Å². The molecule has 0 N–H and O–H groups in total. The van der Waals surface area contributed by atoms with Crippen LogP contribution in [0.15, 0.2) is 42.5 Å². The van der Waals surface area contributed by atoms with Crippen molar-refractivity contribution in [3.05, 3.63) is 65.0 Å². The predicted octanol–water partition coefficient (Wildman–Crippen LogP) is 3.93. The lowest BCUT2D eigenvalue weighted by atomic mass is 9.95. The minimum atomic E-state index is -0.776. The molecule has 1 radical (unpaired) electrons. The third kappa shape index (κ3) is 4.24. The Morgan fingerprint density at radius 1 is 1.20 bits per heavy atom. The monoisotopic (exact) mass is 343 g/mol. The minimum Gasteiger partial charge on any atom is -0.485 e. The van der Waals surface area contributed by atoms with Crippen LogP contribution >= 0.6 is 0 Å². The van der Waals surface area contributed by atoms with Crippen molar-refractivity contribution >= 4 is 6.29 Å². The topological polar surface area (TPSA) is 44.8 Å². The van der Waals surface area contributed by atoms with E-state index in [1.807, 2.05) is 44.2 Å². The van der Waals surface area contributed by atoms with Gasteiger partial charge < -0.3 is 14.2 Å². The van der Waals surface area contributed by atoms with Crippen LogP contribution in [0.25, 0.3) is 0 Å². The Kier molecular flexibility index (Phi) is 5.16. The summed E-state index contributed by atoms with van der Waals surface area (Å²) in [5.74, 6) is -0.601. The Bertz CT molecular complexity index is 733. The van der Waals surface area contributed by atoms with Crippen LogP contribution in [0.2, 0.25) is 0 Å². The maximum atomic E-state index is 14.5. The zero-order chi connectivity index (χ0) is 17.9. The molecule has 2 aromatic carbocycles. The van der Waals surface area contributed by atoms with E-state index in [0.29, 0.717) is 18.8 Å². The number of rotatable bonds is 5. The summed E-state index contributed by atoms with van der Waals surface area (Å²) in [5.41, 5.74) is 1.25. The molecule has 0 aromatic heterocycles. The highest BCUT2D eigenvalue weighted by atomic mass is 19.1. The largest absolute Gasteiger partial charge is 0.485 e. The number of halogens is 1. The van der Waals surface area contributed by atoms with Gasteiger partial charge in [0.15, 0.2) is 17.9 Å². The number of carbonyl (C=O) groups excluding carboxylic acids is 1. The number of benzene rings is 2. The summed E-state index contributed by atoms with van der Waals surface area (Å²) in [4.78, 5) is 11.0. The van der Waals surface area contributed by atoms with Crippen molar-refractivity contribution in [3.8, 4) is 5.75 Å². The van der Waals surface area contributed by atoms with Crippen LogP contribution in [0.1, 0.15) is 36.8 Å². The maximum absolute atomic E-state index is 14.5. The van der Waals surface area contributed by atoms with Crippen molar-refractivity contribution in [1.82, 2.24) is 0 Å². The molecule has 25 heavy (non-hydrogen) atoms. The van der Waals surface area contributed by atoms with Gasteiger partial charge in [0.2, 0.25) is 6.29 Å². The summed E-state index contributed by atoms with van der Waals surface area (Å²) < 4.78 is 31.6. The van der Waals surface area contributed by atoms with E-state index < -0.39 is 12.1 Å². The van der Waals surface area contributed by atoms with Crippen molar-refractivity contribution in [1.29, 1.82) is 0 Å². The molecule has 0 spiro atoms. The average molecular weight is 343 g/mol. The lowest BCUT2D eigenvalue weighted by Gasteiger charge is -2.35. The number of ether oxygens (including phenoxy) is 3. The van der Waals surface area contributed by atoms with E-state index in [9.17, 15) is 9.18 Å². The Morgan fingerprint density at radius 2 is 1.88 bits per heavy atom. The van der Waals surface area contributed by atoms with Crippen molar-refractivity contribution in [2.24, 2.45) is 5.41 Å². The smallest absolute Gasteiger partial charge is 0.233 e. The van der Waals surface area contributed by atoms with Gasteiger partial charge in [0.1, 0.15) is 6.61 Å². The van der Waals surface area contributed by atoms with Gasteiger partial charge >= 0.3 is 0 Å². The standard InChI is InChI=1S/C20H20FO4/c1-20(2)12-24-19(25-13-20)16-8-15(10-22)9-17(21)18(16)23-11-14-6-4-3-5-7-14/h3-9,19H,11-13H2,1-2H3. The summed E-state index contributed by atoms with van der Waals surface area (Å²) in [6, 6.07) is 12.0. The number of hydrogen-bond acceptors (Lipinski definition) is 4. The van der Waals surface area contributed by atoms with E-state index in [1.165, 1.54) is 6.07 Å². The Balaban J connectivity index is 1.87. The molecule has 0 amide bonds. The van der Waals surface area contributed by atoms with Crippen molar-refractivity contribution in [2.45, 2.75) is 26.7 Å². The summed E-state index contributed by atoms with van der Waals surface area (Å²) in [6.45, 7) is 5.17. The molecule has 1 saturated heterocycles. The molecule has 0 aliphatic carbocycles. The van der Waals surface area contributed by atoms with Crippen molar-refractivity contribution in [3.63, 3.8) is 0 Å². The maximum Gasteiger partial charge on any atom is 0.233 e. The van der Waals surface area contributed by atoms with Crippen molar-refractivity contribution in [2.75, 3.05) is 13.2 Å². The molecule has 4 nitrogen and oxygen atoms in total. The van der Waals surface area contributed by atoms with Crippen LogP contribution in [0.4, 0.5) is 4.39 Å². The molecule has 1 aliphatic rings. The van der Waals surface area contributed by atoms with E-state index in [4.69, 9.17) is 14.2 Å². The molecule has 3 rings (SSSR count). The second-order valence-electron chi connectivity index (χ2n) is 6.87. The zero-order valence-electron chi connectivity index (χ0n) is 14.3. The molecule has 0 saturated carbocycles. The molecule has 1 aliphatic heterocycles. The van der Waals surface area contributed by atoms with Crippen LogP contribution in [0, 0.1) is 11.2 Å². The highest BCUT2D eigenvalue weighted by Crippen LogP contribution is 2.37. The fourth-order valence-electron chi connectivity index (χ4n) is 2.60. The first-order valence-corrected chi connectivity index (χ1v) is 8.10. The molecule has 131 valence electrons. The van der Waals surface area contributed by atoms with Gasteiger partial charge in [-0.2, -0.15) is 0 Å². The highest BCUT2D eigenvalue weighted by molar-refractivity contribution is 5.76. The molecule has 0 unspecified atom stereocenters. The third-order valence-corrected chi connectivity index (χ3v) is 3.92. The summed E-state index contributed by atoms with van der Waals surface area (Å²) in [5, 5.41) is 0. The fourth-order valence-corrected chi connectivity index (χ4v) is 2.60. The van der Waals surface area contributed by atoms with Crippen molar-refractivity contribution < 1.29 is 23.4 Å². The van der Waals surface area contributed by atoms with Crippen LogP contribution < -0.4 is 4.74 Å². The van der Waals surface area contributed by atoms with E-state index in [1.54, 1.807) is 6.29 Å². The summed E-state index contributed by atoms with van der Waals surface area (Å²) in [6.07, 6.45) is 0.932. The van der Waals surface area contributed by atoms with Gasteiger partial charge in [0.05, 0.1) is 18.8 Å². The second kappa shape index (κ2) is 7.33. The molecule has 2 aromatic rings. The van der Waals surface area contributed by atoms with E-state index in [0.717, 1.165) is 11.6 Å². The number of hydrogen-bond donors (Lipinski definition) is 0. The SMILES string of the molecule is CC1(C)COC(c2cc([C]=O)cc(F)c2OCc2ccccc2)OC1. The van der Waals surface area contributed by atoms with Gasteiger partial charge in [0.25, 0.3) is 0 Å². The molecular formula is C20H20FO4. The van der Waals surface area contributed by atoms with Crippen LogP contribution in [-0.2, 0) is 20.9 Å². The lowest BCUT2D eigenvalue weighted by molar-refractivity contribution is -0.226. The minimum absolute atomic E-state index is 0.0348. The second-order valence-corrected chi connectivity index (χ2v) is 6.87. The highest BCUT2D eigenvalue weighted by Gasteiger charge is 2.32. The van der Waals surface area contributed by atoms with Gasteiger partial charge in [-0.05, 0) is 17.7 Å². The lowest BCUT2D eigenvalue weighted by Crippen LogP contribution is -2.34. The third-order valence-electron chi connectivity index (χ3n) is 3.92. The molecule has 5 heteroatoms. The fraction of sp³-hybridized carbons (Fsp3) is 0.350. The Labute approximate surface area is 146 Å².